The number of ether oxygens (including phenoxy) is 2. The molecule has 0 bridgehead atoms. The quantitative estimate of drug-likeness (QED) is 0.0914. The first-order valence-corrected chi connectivity index (χ1v) is 22.2. The summed E-state index contributed by atoms with van der Waals surface area (Å²) in [4.78, 5) is 25.2. The average molecular weight is 811 g/mol. The SMILES string of the molecule is COC(=O)CC[C@@H](C)[C@H]1CC[C@H]2[C@@H]3[C@H](O)C[C@@H]4C[C@H](n5cc(CCCCSc6nc7c(N)ncnc7n6[C@H]6C[C@H](O)[C@@H](CO)O6)nn5)CC[C@]4(C)[C@H]3C[C@H](O)[C@]12C. The number of aromatic nitrogens is 7. The number of nitrogens with two attached hydrogens (primary N) is 1. The van der Waals surface area contributed by atoms with Gasteiger partial charge in [0.25, 0.3) is 0 Å². The summed E-state index contributed by atoms with van der Waals surface area (Å²) in [5.41, 5.74) is 7.95. The highest BCUT2D eigenvalue weighted by atomic mass is 32.2. The molecule has 5 fully saturated rings. The van der Waals surface area contributed by atoms with Crippen LogP contribution in [0.3, 0.4) is 0 Å². The maximum Gasteiger partial charge on any atom is 0.305 e. The predicted octanol–water partition coefficient (Wildman–Crippen LogP) is 4.49. The molecule has 0 unspecified atom stereocenters. The second kappa shape index (κ2) is 16.3. The number of rotatable bonds is 13. The molecule has 0 amide bonds. The molecule has 8 rings (SSSR count). The average Bonchev–Trinajstić information content (AvgIpc) is 3.99. The summed E-state index contributed by atoms with van der Waals surface area (Å²) in [5, 5.41) is 53.9. The van der Waals surface area contributed by atoms with Crippen molar-refractivity contribution in [3.05, 3.63) is 18.2 Å². The van der Waals surface area contributed by atoms with Gasteiger partial charge in [-0.3, -0.25) is 9.36 Å². The lowest BCUT2D eigenvalue weighted by atomic mass is 9.43. The van der Waals surface area contributed by atoms with E-state index in [2.05, 4.69) is 51.9 Å². The highest BCUT2D eigenvalue weighted by Crippen LogP contribution is 2.69. The van der Waals surface area contributed by atoms with Gasteiger partial charge in [-0.05, 0) is 117 Å². The summed E-state index contributed by atoms with van der Waals surface area (Å²) in [6.07, 6.45) is 11.5. The number of thioether (sulfide) groups is 1. The van der Waals surface area contributed by atoms with E-state index in [-0.39, 0.29) is 59.1 Å². The molecule has 0 radical (unpaired) electrons. The monoisotopic (exact) mass is 810 g/mol. The number of imidazole rings is 1. The van der Waals surface area contributed by atoms with Crippen LogP contribution in [0.2, 0.25) is 0 Å². The maximum atomic E-state index is 12.0. The number of aryl methyl sites for hydroxylation is 1. The fourth-order valence-corrected chi connectivity index (χ4v) is 13.5. The molecule has 4 heterocycles. The Hall–Kier alpha value is -2.89. The molecule has 3 aromatic rings. The Kier molecular flexibility index (Phi) is 11.7. The van der Waals surface area contributed by atoms with Gasteiger partial charge in [-0.25, -0.2) is 19.6 Å². The van der Waals surface area contributed by atoms with Gasteiger partial charge in [0, 0.05) is 24.8 Å². The van der Waals surface area contributed by atoms with Crippen LogP contribution in [-0.4, -0.2) is 105 Å². The van der Waals surface area contributed by atoms with Crippen LogP contribution in [0.4, 0.5) is 5.82 Å². The number of methoxy groups -OCH3 is 1. The van der Waals surface area contributed by atoms with E-state index < -0.39 is 24.5 Å². The normalized spacial score (nSPS) is 38.1. The standard InChI is InChI=1S/C41H62N8O7S/c1-22(8-11-34(54)55-4)26-9-10-27-35-28(17-32(53)41(26,27)3)40(2)13-12-25(15-23(40)16-30(35)52)48-19-24(46-47-48)7-5-6-14-57-39-45-36-37(42)43-21-44-38(36)49(39)33-18-29(51)31(20-50)56-33/h19,21-23,25-33,35,50-53H,5-18,20H2,1-4H3,(H2,42,43,44)/t22-,23+,25-,26-,27+,28+,29+,30-,31-,32+,33-,35+,40+,41-/m1/s1. The molecule has 1 aliphatic heterocycles. The third-order valence-corrected chi connectivity index (χ3v) is 16.7. The minimum atomic E-state index is -0.785. The zero-order valence-corrected chi connectivity index (χ0v) is 34.6. The molecule has 0 spiro atoms. The highest BCUT2D eigenvalue weighted by molar-refractivity contribution is 7.99. The maximum absolute atomic E-state index is 12.0. The van der Waals surface area contributed by atoms with Crippen molar-refractivity contribution in [1.82, 2.24) is 34.5 Å². The van der Waals surface area contributed by atoms with Gasteiger partial charge in [0.15, 0.2) is 22.1 Å². The van der Waals surface area contributed by atoms with E-state index in [1.807, 2.05) is 4.57 Å². The van der Waals surface area contributed by atoms with Crippen LogP contribution in [-0.2, 0) is 20.7 Å². The molecule has 6 N–H and O–H groups in total. The molecule has 314 valence electrons. The van der Waals surface area contributed by atoms with Crippen molar-refractivity contribution in [2.45, 2.75) is 146 Å². The predicted molar refractivity (Wildman–Crippen MR) is 212 cm³/mol. The van der Waals surface area contributed by atoms with Crippen molar-refractivity contribution in [3.8, 4) is 0 Å². The lowest BCUT2D eigenvalue weighted by molar-refractivity contribution is -0.204. The summed E-state index contributed by atoms with van der Waals surface area (Å²) in [5.74, 6) is 2.64. The largest absolute Gasteiger partial charge is 0.469 e. The molecule has 5 aliphatic rings. The Labute approximate surface area is 338 Å². The van der Waals surface area contributed by atoms with E-state index in [0.29, 0.717) is 46.9 Å². The minimum Gasteiger partial charge on any atom is -0.469 e. The number of hydrogen-bond donors (Lipinski definition) is 5. The molecule has 16 heteroatoms. The van der Waals surface area contributed by atoms with Gasteiger partial charge in [0.2, 0.25) is 0 Å². The van der Waals surface area contributed by atoms with E-state index in [0.717, 1.165) is 82.1 Å². The number of aliphatic hydroxyl groups excluding tert-OH is 4. The molecular formula is C41H62N8O7S. The van der Waals surface area contributed by atoms with Crippen LogP contribution in [0.15, 0.2) is 17.7 Å². The van der Waals surface area contributed by atoms with E-state index in [1.165, 1.54) is 13.4 Å². The Morgan fingerprint density at radius 2 is 1.91 bits per heavy atom. The van der Waals surface area contributed by atoms with Gasteiger partial charge in [0.1, 0.15) is 18.7 Å². The van der Waals surface area contributed by atoms with Crippen LogP contribution in [0.1, 0.15) is 116 Å². The number of esters is 1. The second-order valence-electron chi connectivity index (χ2n) is 18.4. The Bertz CT molecular complexity index is 1900. The number of carbonyl (C=O) groups is 1. The molecular weight excluding hydrogens is 749 g/mol. The first-order valence-electron chi connectivity index (χ1n) is 21.3. The zero-order chi connectivity index (χ0) is 40.2. The van der Waals surface area contributed by atoms with Crippen molar-refractivity contribution >= 4 is 34.7 Å². The topological polar surface area (TPSA) is 217 Å². The highest BCUT2D eigenvalue weighted by Gasteiger charge is 2.65. The molecule has 15 nitrogen and oxygen atoms in total. The van der Waals surface area contributed by atoms with E-state index >= 15 is 0 Å². The Morgan fingerprint density at radius 3 is 2.68 bits per heavy atom. The number of carbonyl (C=O) groups excluding carboxylic acids is 1. The lowest BCUT2D eigenvalue weighted by Gasteiger charge is -2.63. The Morgan fingerprint density at radius 1 is 1.09 bits per heavy atom. The Balaban J connectivity index is 0.861. The van der Waals surface area contributed by atoms with E-state index in [4.69, 9.17) is 20.2 Å². The third kappa shape index (κ3) is 7.27. The number of aliphatic hydroxyl groups is 4. The van der Waals surface area contributed by atoms with Gasteiger partial charge in [-0.2, -0.15) is 0 Å². The summed E-state index contributed by atoms with van der Waals surface area (Å²) >= 11 is 1.58. The van der Waals surface area contributed by atoms with E-state index in [9.17, 15) is 25.2 Å². The minimum absolute atomic E-state index is 0.0570. The van der Waals surface area contributed by atoms with E-state index in [1.54, 1.807) is 11.8 Å². The number of nitrogen functional groups attached to an aromatic ring is 1. The van der Waals surface area contributed by atoms with Gasteiger partial charge in [-0.15, -0.1) is 5.10 Å². The van der Waals surface area contributed by atoms with Gasteiger partial charge in [0.05, 0.1) is 43.8 Å². The van der Waals surface area contributed by atoms with Gasteiger partial charge < -0.3 is 35.6 Å². The summed E-state index contributed by atoms with van der Waals surface area (Å²) in [6.45, 7) is 6.68. The summed E-state index contributed by atoms with van der Waals surface area (Å²) < 4.78 is 14.8. The van der Waals surface area contributed by atoms with Gasteiger partial charge >= 0.3 is 5.97 Å². The molecule has 4 aliphatic carbocycles. The first-order chi connectivity index (χ1) is 27.4. The third-order valence-electron chi connectivity index (χ3n) is 15.7. The van der Waals surface area contributed by atoms with Crippen molar-refractivity contribution in [2.24, 2.45) is 46.3 Å². The number of anilines is 1. The number of nitrogens with zero attached hydrogens (tertiary/aromatic N) is 7. The molecule has 3 aromatic heterocycles. The number of unbranched alkanes of at least 4 members (excludes halogenated alkanes) is 1. The number of hydrogen-bond acceptors (Lipinski definition) is 14. The lowest BCUT2D eigenvalue weighted by Crippen LogP contribution is -2.62. The van der Waals surface area contributed by atoms with Crippen LogP contribution in [0.5, 0.6) is 0 Å². The number of fused-ring (bicyclic) bond motifs is 6. The molecule has 0 aromatic carbocycles. The smallest absolute Gasteiger partial charge is 0.305 e. The van der Waals surface area contributed by atoms with Crippen molar-refractivity contribution < 1.29 is 34.7 Å². The van der Waals surface area contributed by atoms with Crippen molar-refractivity contribution in [3.63, 3.8) is 0 Å². The fraction of sp³-hybridized carbons (Fsp3) is 0.805. The van der Waals surface area contributed by atoms with Crippen molar-refractivity contribution in [2.75, 3.05) is 25.2 Å². The van der Waals surface area contributed by atoms with Crippen LogP contribution >= 0.6 is 11.8 Å². The molecule has 1 saturated heterocycles. The van der Waals surface area contributed by atoms with Crippen LogP contribution in [0, 0.1) is 46.3 Å². The molecule has 4 saturated carbocycles. The summed E-state index contributed by atoms with van der Waals surface area (Å²) in [7, 11) is 1.44. The fourth-order valence-electron chi connectivity index (χ4n) is 12.5. The van der Waals surface area contributed by atoms with Crippen LogP contribution < -0.4 is 5.73 Å². The second-order valence-corrected chi connectivity index (χ2v) is 19.5. The van der Waals surface area contributed by atoms with Crippen LogP contribution in [0.25, 0.3) is 11.2 Å². The van der Waals surface area contributed by atoms with Crippen molar-refractivity contribution in [1.29, 1.82) is 0 Å². The molecule has 14 atom stereocenters. The summed E-state index contributed by atoms with van der Waals surface area (Å²) in [6, 6.07) is 0.235. The molecule has 57 heavy (non-hydrogen) atoms. The first kappa shape index (κ1) is 40.9. The van der Waals surface area contributed by atoms with Gasteiger partial charge in [-0.1, -0.05) is 37.7 Å². The zero-order valence-electron chi connectivity index (χ0n) is 33.8.